The zero-order valence-corrected chi connectivity index (χ0v) is 36.1. The predicted octanol–water partition coefficient (Wildman–Crippen LogP) is 11.4. The van der Waals surface area contributed by atoms with Gasteiger partial charge in [0.1, 0.15) is 10.6 Å². The van der Waals surface area contributed by atoms with Gasteiger partial charge in [0, 0.05) is 71.0 Å². The van der Waals surface area contributed by atoms with E-state index in [1.54, 1.807) is 0 Å². The Morgan fingerprint density at radius 3 is 1.27 bits per heavy atom. The normalized spacial score (nSPS) is 20.5. The minimum Gasteiger partial charge on any atom is -0.341 e. The van der Waals surface area contributed by atoms with Crippen LogP contribution in [0, 0.1) is 0 Å². The van der Waals surface area contributed by atoms with Crippen molar-refractivity contribution in [2.45, 2.75) is 75.5 Å². The SMILES string of the molecule is CN1c2cc3ncccc3cc2P(C2CCCCC2)c2cc3cccnc3cc2N(C)c2cc3ncccc3cc2[P+](C)(C2CCCCC2)c2cc3cccnc3cc21. The summed E-state index contributed by atoms with van der Waals surface area (Å²) < 4.78 is 0. The van der Waals surface area contributed by atoms with Crippen molar-refractivity contribution in [3.63, 3.8) is 0 Å². The molecule has 0 N–H and O–H groups in total. The highest BCUT2D eigenvalue weighted by atomic mass is 31.2. The molecular formula is C51H51N6P2+. The van der Waals surface area contributed by atoms with E-state index >= 15 is 0 Å². The average molecular weight is 810 g/mol. The van der Waals surface area contributed by atoms with E-state index in [0.29, 0.717) is 11.3 Å². The van der Waals surface area contributed by atoms with Gasteiger partial charge in [0.15, 0.2) is 0 Å². The van der Waals surface area contributed by atoms with E-state index in [2.05, 4.69) is 128 Å². The van der Waals surface area contributed by atoms with Crippen molar-refractivity contribution >= 4 is 103 Å². The number of fused-ring (bicyclic) bond motifs is 8. The van der Waals surface area contributed by atoms with Crippen molar-refractivity contribution in [2.75, 3.05) is 30.6 Å². The van der Waals surface area contributed by atoms with E-state index in [1.807, 2.05) is 24.8 Å². The highest BCUT2D eigenvalue weighted by Crippen LogP contribution is 2.65. The lowest BCUT2D eigenvalue weighted by atomic mass is 10.0. The lowest BCUT2D eigenvalue weighted by Crippen LogP contribution is -2.39. The fourth-order valence-electron chi connectivity index (χ4n) is 10.8. The van der Waals surface area contributed by atoms with Gasteiger partial charge in [-0.25, -0.2) is 0 Å². The molecule has 1 aliphatic heterocycles. The topological polar surface area (TPSA) is 58.0 Å². The molecule has 0 radical (unpaired) electrons. The van der Waals surface area contributed by atoms with Crippen molar-refractivity contribution < 1.29 is 0 Å². The molecule has 0 saturated heterocycles. The molecule has 8 aromatic rings. The van der Waals surface area contributed by atoms with Crippen LogP contribution in [0.2, 0.25) is 0 Å². The van der Waals surface area contributed by atoms with Gasteiger partial charge in [-0.15, -0.1) is 0 Å². The van der Waals surface area contributed by atoms with Crippen LogP contribution in [0.1, 0.15) is 64.2 Å². The summed E-state index contributed by atoms with van der Waals surface area (Å²) in [6.45, 7) is 2.68. The molecule has 6 nitrogen and oxygen atoms in total. The molecule has 5 heterocycles. The second-order valence-corrected chi connectivity index (χ2v) is 23.6. The van der Waals surface area contributed by atoms with Gasteiger partial charge in [-0.3, -0.25) is 19.9 Å². The van der Waals surface area contributed by atoms with Gasteiger partial charge < -0.3 is 9.80 Å². The minimum atomic E-state index is -2.18. The standard InChI is InChI=1S/C51H51N6P2/c1-56-44-30-40-34(14-10-22-52-40)26-48(44)58(38-18-6-4-7-19-38)49-27-35-15-11-23-53-41(35)31-45(49)57(2)47-33-43-37(17-13-25-55-43)29-51(47)59(3,39-20-8-5-9-21-39)50-28-36-16-12-24-54-42(36)32-46(50)56/h10-17,22-33,38-39H,4-9,18-21H2,1-3H3/q+1. The Morgan fingerprint density at radius 1 is 0.475 bits per heavy atom. The second-order valence-electron chi connectivity index (χ2n) is 17.3. The third-order valence-corrected chi connectivity index (χ3v) is 21.7. The molecule has 0 atom stereocenters. The second kappa shape index (κ2) is 14.9. The van der Waals surface area contributed by atoms with Crippen LogP contribution in [-0.4, -0.2) is 52.0 Å². The maximum Gasteiger partial charge on any atom is 0.123 e. The van der Waals surface area contributed by atoms with Crippen molar-refractivity contribution in [3.05, 3.63) is 122 Å². The molecule has 4 aromatic carbocycles. The van der Waals surface area contributed by atoms with Gasteiger partial charge in [0.05, 0.1) is 64.4 Å². The average Bonchev–Trinajstić information content (AvgIpc) is 3.30. The monoisotopic (exact) mass is 809 g/mol. The van der Waals surface area contributed by atoms with E-state index in [4.69, 9.17) is 19.9 Å². The number of hydrogen-bond donors (Lipinski definition) is 0. The molecule has 0 bridgehead atoms. The number of nitrogens with zero attached hydrogens (tertiary/aromatic N) is 6. The minimum absolute atomic E-state index is 0.538. The van der Waals surface area contributed by atoms with Crippen LogP contribution in [0.15, 0.2) is 122 Å². The molecule has 4 aromatic heterocycles. The van der Waals surface area contributed by atoms with Crippen LogP contribution in [-0.2, 0) is 0 Å². The smallest absolute Gasteiger partial charge is 0.123 e. The summed E-state index contributed by atoms with van der Waals surface area (Å²) in [6, 6.07) is 37.3. The summed E-state index contributed by atoms with van der Waals surface area (Å²) in [4.78, 5) is 25.2. The summed E-state index contributed by atoms with van der Waals surface area (Å²) >= 11 is 0. The summed E-state index contributed by atoms with van der Waals surface area (Å²) in [5.74, 6) is 0. The van der Waals surface area contributed by atoms with Gasteiger partial charge >= 0.3 is 0 Å². The Labute approximate surface area is 349 Å². The van der Waals surface area contributed by atoms with Crippen LogP contribution in [0.5, 0.6) is 0 Å². The van der Waals surface area contributed by atoms with Crippen molar-refractivity contribution in [2.24, 2.45) is 0 Å². The molecule has 294 valence electrons. The van der Waals surface area contributed by atoms with Crippen LogP contribution < -0.4 is 31.0 Å². The molecule has 2 fully saturated rings. The van der Waals surface area contributed by atoms with Crippen LogP contribution in [0.3, 0.4) is 0 Å². The lowest BCUT2D eigenvalue weighted by Gasteiger charge is -2.41. The number of pyridine rings is 4. The molecule has 0 amide bonds. The van der Waals surface area contributed by atoms with Gasteiger partial charge in [-0.05, 0) is 125 Å². The Hall–Kier alpha value is -5.02. The first kappa shape index (κ1) is 37.0. The number of rotatable bonds is 2. The van der Waals surface area contributed by atoms with Crippen LogP contribution >= 0.6 is 15.2 Å². The molecule has 0 unspecified atom stereocenters. The molecule has 3 aliphatic rings. The van der Waals surface area contributed by atoms with E-state index in [1.165, 1.54) is 130 Å². The van der Waals surface area contributed by atoms with Crippen molar-refractivity contribution in [1.82, 2.24) is 19.9 Å². The maximum atomic E-state index is 5.02. The summed E-state index contributed by atoms with van der Waals surface area (Å²) in [7, 11) is 1.65. The van der Waals surface area contributed by atoms with Gasteiger partial charge in [0.2, 0.25) is 0 Å². The molecule has 11 rings (SSSR count). The molecule has 8 heteroatoms. The molecule has 59 heavy (non-hydrogen) atoms. The number of aromatic nitrogens is 4. The van der Waals surface area contributed by atoms with Gasteiger partial charge in [-0.1, -0.05) is 49.9 Å². The maximum absolute atomic E-state index is 5.02. The zero-order chi connectivity index (χ0) is 39.7. The highest BCUT2D eigenvalue weighted by molar-refractivity contribution is 7.90. The Kier molecular flexibility index (Phi) is 9.35. The van der Waals surface area contributed by atoms with Crippen molar-refractivity contribution in [3.8, 4) is 0 Å². The Morgan fingerprint density at radius 2 is 0.847 bits per heavy atom. The molecule has 0 spiro atoms. The van der Waals surface area contributed by atoms with E-state index < -0.39 is 15.2 Å². The van der Waals surface area contributed by atoms with Gasteiger partial charge in [0.25, 0.3) is 0 Å². The number of hydrogen-bond acceptors (Lipinski definition) is 6. The molecular weight excluding hydrogens is 759 g/mol. The van der Waals surface area contributed by atoms with E-state index in [9.17, 15) is 0 Å². The molecule has 2 saturated carbocycles. The van der Waals surface area contributed by atoms with Gasteiger partial charge in [-0.2, -0.15) is 0 Å². The first-order valence-corrected chi connectivity index (χ1v) is 25.4. The zero-order valence-electron chi connectivity index (χ0n) is 34.4. The fourth-order valence-corrected chi connectivity index (χ4v) is 18.9. The highest BCUT2D eigenvalue weighted by Gasteiger charge is 2.51. The summed E-state index contributed by atoms with van der Waals surface area (Å²) in [5.41, 5.74) is 10.3. The quantitative estimate of drug-likeness (QED) is 0.162. The fraction of sp³-hybridized carbons (Fsp3) is 0.294. The van der Waals surface area contributed by atoms with Crippen LogP contribution in [0.4, 0.5) is 22.7 Å². The first-order chi connectivity index (χ1) is 29.0. The van der Waals surface area contributed by atoms with Crippen molar-refractivity contribution in [1.29, 1.82) is 0 Å². The number of benzene rings is 4. The van der Waals surface area contributed by atoms with E-state index in [0.717, 1.165) is 22.1 Å². The largest absolute Gasteiger partial charge is 0.341 e. The third-order valence-electron chi connectivity index (χ3n) is 14.0. The number of anilines is 4. The van der Waals surface area contributed by atoms with E-state index in [-0.39, 0.29) is 0 Å². The summed E-state index contributed by atoms with van der Waals surface area (Å²) in [5, 5.41) is 10.7. The van der Waals surface area contributed by atoms with Crippen LogP contribution in [0.25, 0.3) is 43.6 Å². The predicted molar refractivity (Wildman–Crippen MR) is 255 cm³/mol. The molecule has 2 aliphatic carbocycles. The third kappa shape index (κ3) is 6.20. The Bertz CT molecular complexity index is 2720. The Balaban J connectivity index is 1.33. The summed E-state index contributed by atoms with van der Waals surface area (Å²) in [6.07, 6.45) is 20.4. The lowest BCUT2D eigenvalue weighted by molar-refractivity contribution is 0.511. The first-order valence-electron chi connectivity index (χ1n) is 21.6.